The molecule has 7 heteroatoms. The first-order valence-corrected chi connectivity index (χ1v) is 11.5. The van der Waals surface area contributed by atoms with E-state index in [0.29, 0.717) is 27.4 Å². The number of carbonyl (C=O) groups is 1. The van der Waals surface area contributed by atoms with Crippen LogP contribution in [0.5, 0.6) is 5.75 Å². The average Bonchev–Trinajstić information content (AvgIpc) is 3.25. The summed E-state index contributed by atoms with van der Waals surface area (Å²) in [6.07, 6.45) is 2.18. The van der Waals surface area contributed by atoms with E-state index in [1.807, 2.05) is 30.5 Å². The number of rotatable bonds is 6. The molecule has 0 aliphatic heterocycles. The predicted octanol–water partition coefficient (Wildman–Crippen LogP) is 7.08. The van der Waals surface area contributed by atoms with Crippen LogP contribution in [0.4, 0.5) is 0 Å². The summed E-state index contributed by atoms with van der Waals surface area (Å²) in [4.78, 5) is 29.0. The first-order chi connectivity index (χ1) is 16.5. The van der Waals surface area contributed by atoms with Crippen LogP contribution in [0.1, 0.15) is 40.2 Å². The normalized spacial score (nSPS) is 12.3. The van der Waals surface area contributed by atoms with Crippen LogP contribution in [0, 0.1) is 0 Å². The molecule has 5 nitrogen and oxygen atoms in total. The molecule has 0 saturated carbocycles. The van der Waals surface area contributed by atoms with Crippen molar-refractivity contribution in [2.75, 3.05) is 0 Å². The highest BCUT2D eigenvalue weighted by Crippen LogP contribution is 2.41. The highest BCUT2D eigenvalue weighted by atomic mass is 35.5. The van der Waals surface area contributed by atoms with Gasteiger partial charge in [-0.3, -0.25) is 4.79 Å². The molecule has 5 aromatic rings. The van der Waals surface area contributed by atoms with Crippen molar-refractivity contribution < 1.29 is 14.3 Å². The van der Waals surface area contributed by atoms with Gasteiger partial charge in [0.25, 0.3) is 0 Å². The summed E-state index contributed by atoms with van der Waals surface area (Å²) in [6.45, 7) is 0. The van der Waals surface area contributed by atoms with E-state index in [-0.39, 0.29) is 29.2 Å². The minimum atomic E-state index is -0.861. The Labute approximate surface area is 204 Å². The zero-order valence-corrected chi connectivity index (χ0v) is 19.4. The molecule has 0 amide bonds. The molecule has 3 aromatic carbocycles. The molecule has 1 atom stereocenters. The van der Waals surface area contributed by atoms with E-state index in [1.54, 1.807) is 42.5 Å². The number of aromatic hydroxyl groups is 1. The Hall–Kier alpha value is -3.54. The average molecular weight is 492 g/mol. The maximum absolute atomic E-state index is 13.2. The van der Waals surface area contributed by atoms with Gasteiger partial charge in [-0.1, -0.05) is 59.6 Å². The largest absolute Gasteiger partial charge is 0.506 e. The van der Waals surface area contributed by atoms with E-state index >= 15 is 0 Å². The SMILES string of the molecule is O=C(CCC(c1c(Cl)cccc1Cl)c1c[nH]c2ccccc12)c1c(O)c2ccccc2oc1=O. The number of ketones is 1. The predicted molar refractivity (Wildman–Crippen MR) is 134 cm³/mol. The Morgan fingerprint density at radius 1 is 0.941 bits per heavy atom. The molecule has 34 heavy (non-hydrogen) atoms. The quantitative estimate of drug-likeness (QED) is 0.196. The van der Waals surface area contributed by atoms with Crippen molar-refractivity contribution in [3.8, 4) is 5.75 Å². The topological polar surface area (TPSA) is 83.3 Å². The molecule has 0 spiro atoms. The van der Waals surface area contributed by atoms with E-state index in [9.17, 15) is 14.7 Å². The molecule has 5 rings (SSSR count). The summed E-state index contributed by atoms with van der Waals surface area (Å²) in [5, 5.41) is 12.9. The summed E-state index contributed by atoms with van der Waals surface area (Å²) >= 11 is 13.1. The van der Waals surface area contributed by atoms with Gasteiger partial charge in [-0.05, 0) is 47.9 Å². The van der Waals surface area contributed by atoms with Crippen molar-refractivity contribution in [3.63, 3.8) is 0 Å². The van der Waals surface area contributed by atoms with Crippen LogP contribution in [0.15, 0.2) is 82.1 Å². The fourth-order valence-corrected chi connectivity index (χ4v) is 5.12. The van der Waals surface area contributed by atoms with Gasteiger partial charge in [-0.2, -0.15) is 0 Å². The van der Waals surface area contributed by atoms with E-state index in [2.05, 4.69) is 4.98 Å². The molecule has 0 saturated heterocycles. The van der Waals surface area contributed by atoms with Crippen molar-refractivity contribution in [2.45, 2.75) is 18.8 Å². The summed E-state index contributed by atoms with van der Waals surface area (Å²) in [7, 11) is 0. The van der Waals surface area contributed by atoms with Crippen LogP contribution in [-0.2, 0) is 0 Å². The van der Waals surface area contributed by atoms with Gasteiger partial charge in [-0.15, -0.1) is 0 Å². The maximum Gasteiger partial charge on any atom is 0.351 e. The number of aromatic amines is 1. The number of para-hydroxylation sites is 2. The molecule has 2 aromatic heterocycles. The minimum absolute atomic E-state index is 0.0254. The molecule has 2 heterocycles. The summed E-state index contributed by atoms with van der Waals surface area (Å²) < 4.78 is 5.27. The molecule has 170 valence electrons. The van der Waals surface area contributed by atoms with Gasteiger partial charge in [0.05, 0.1) is 5.39 Å². The van der Waals surface area contributed by atoms with Crippen molar-refractivity contribution in [3.05, 3.63) is 110 Å². The molecular formula is C27H19Cl2NO4. The van der Waals surface area contributed by atoms with Gasteiger partial charge in [0, 0.05) is 39.5 Å². The number of H-pyrrole nitrogens is 1. The Bertz CT molecular complexity index is 1580. The van der Waals surface area contributed by atoms with Crippen molar-refractivity contribution >= 4 is 50.9 Å². The number of carbonyl (C=O) groups excluding carboxylic acids is 1. The number of hydrogen-bond acceptors (Lipinski definition) is 4. The van der Waals surface area contributed by atoms with E-state index in [4.69, 9.17) is 27.6 Å². The fraction of sp³-hybridized carbons (Fsp3) is 0.111. The summed E-state index contributed by atoms with van der Waals surface area (Å²) in [5.74, 6) is -1.20. The fourth-order valence-electron chi connectivity index (χ4n) is 4.46. The number of Topliss-reactive ketones (excluding diaryl/α,β-unsaturated/α-hetero) is 1. The molecule has 1 unspecified atom stereocenters. The molecule has 0 fully saturated rings. The lowest BCUT2D eigenvalue weighted by Gasteiger charge is -2.20. The molecule has 0 aliphatic carbocycles. The summed E-state index contributed by atoms with van der Waals surface area (Å²) in [5.41, 5.74) is 1.61. The number of nitrogens with one attached hydrogen (secondary N) is 1. The van der Waals surface area contributed by atoms with Crippen LogP contribution >= 0.6 is 23.2 Å². The third-order valence-electron chi connectivity index (χ3n) is 6.07. The molecule has 0 aliphatic rings. The van der Waals surface area contributed by atoms with Gasteiger partial charge in [-0.25, -0.2) is 4.79 Å². The lowest BCUT2D eigenvalue weighted by Crippen LogP contribution is -2.16. The second-order valence-electron chi connectivity index (χ2n) is 8.05. The number of hydrogen-bond donors (Lipinski definition) is 2. The van der Waals surface area contributed by atoms with Gasteiger partial charge < -0.3 is 14.5 Å². The standard InChI is InChI=1S/C27H19Cl2NO4/c28-19-8-5-9-20(29)24(19)16(18-14-30-21-10-3-1-6-15(18)21)12-13-22(31)25-26(32)17-7-2-4-11-23(17)34-27(25)33/h1-11,14,16,30,32H,12-13H2. The Kier molecular flexibility index (Phi) is 5.90. The van der Waals surface area contributed by atoms with Crippen molar-refractivity contribution in [1.29, 1.82) is 0 Å². The van der Waals surface area contributed by atoms with Gasteiger partial charge >= 0.3 is 5.63 Å². The first-order valence-electron chi connectivity index (χ1n) is 10.7. The monoisotopic (exact) mass is 491 g/mol. The van der Waals surface area contributed by atoms with Gasteiger partial charge in [0.1, 0.15) is 16.9 Å². The number of benzene rings is 3. The third kappa shape index (κ3) is 3.87. The van der Waals surface area contributed by atoms with E-state index in [1.165, 1.54) is 0 Å². The Morgan fingerprint density at radius 2 is 1.62 bits per heavy atom. The lowest BCUT2D eigenvalue weighted by atomic mass is 9.86. The molecular weight excluding hydrogens is 473 g/mol. The van der Waals surface area contributed by atoms with Gasteiger partial charge in [0.2, 0.25) is 0 Å². The van der Waals surface area contributed by atoms with Crippen LogP contribution in [0.25, 0.3) is 21.9 Å². The van der Waals surface area contributed by atoms with Gasteiger partial charge in [0.15, 0.2) is 5.78 Å². The Balaban J connectivity index is 1.55. The number of aromatic nitrogens is 1. The zero-order valence-electron chi connectivity index (χ0n) is 17.8. The highest BCUT2D eigenvalue weighted by molar-refractivity contribution is 6.36. The zero-order chi connectivity index (χ0) is 23.8. The molecule has 0 bridgehead atoms. The smallest absolute Gasteiger partial charge is 0.351 e. The Morgan fingerprint density at radius 3 is 2.38 bits per heavy atom. The van der Waals surface area contributed by atoms with Crippen molar-refractivity contribution in [2.24, 2.45) is 0 Å². The highest BCUT2D eigenvalue weighted by Gasteiger charge is 2.26. The second kappa shape index (κ2) is 9.01. The summed E-state index contributed by atoms with van der Waals surface area (Å²) in [6, 6.07) is 19.7. The number of fused-ring (bicyclic) bond motifs is 2. The third-order valence-corrected chi connectivity index (χ3v) is 6.73. The number of halogens is 2. The minimum Gasteiger partial charge on any atom is -0.506 e. The second-order valence-corrected chi connectivity index (χ2v) is 8.86. The van der Waals surface area contributed by atoms with Crippen LogP contribution in [-0.4, -0.2) is 15.9 Å². The van der Waals surface area contributed by atoms with E-state index < -0.39 is 11.4 Å². The van der Waals surface area contributed by atoms with Crippen molar-refractivity contribution in [1.82, 2.24) is 4.98 Å². The maximum atomic E-state index is 13.2. The van der Waals surface area contributed by atoms with Crippen LogP contribution < -0.4 is 5.63 Å². The van der Waals surface area contributed by atoms with Crippen LogP contribution in [0.3, 0.4) is 0 Å². The lowest BCUT2D eigenvalue weighted by molar-refractivity contribution is 0.0972. The molecule has 2 N–H and O–H groups in total. The first kappa shape index (κ1) is 22.3. The van der Waals surface area contributed by atoms with E-state index in [0.717, 1.165) is 16.5 Å². The molecule has 0 radical (unpaired) electrons. The van der Waals surface area contributed by atoms with Crippen LogP contribution in [0.2, 0.25) is 10.0 Å².